The zero-order chi connectivity index (χ0) is 11.5. The van der Waals surface area contributed by atoms with Crippen LogP contribution in [0.2, 0.25) is 0 Å². The Morgan fingerprint density at radius 1 is 1.13 bits per heavy atom. The van der Waals surface area contributed by atoms with Crippen molar-refractivity contribution in [3.05, 3.63) is 23.8 Å². The first-order valence-corrected chi connectivity index (χ1v) is 4.96. The summed E-state index contributed by atoms with van der Waals surface area (Å²) in [5, 5.41) is 0. The molecule has 0 saturated heterocycles. The van der Waals surface area contributed by atoms with E-state index in [1.54, 1.807) is 14.2 Å². The van der Waals surface area contributed by atoms with Gasteiger partial charge in [0.2, 0.25) is 0 Å². The molecule has 0 unspecified atom stereocenters. The van der Waals surface area contributed by atoms with Gasteiger partial charge in [-0.15, -0.1) is 0 Å². The highest BCUT2D eigenvalue weighted by Crippen LogP contribution is 2.28. The van der Waals surface area contributed by atoms with Gasteiger partial charge in [-0.2, -0.15) is 0 Å². The van der Waals surface area contributed by atoms with Crippen molar-refractivity contribution in [3.8, 4) is 11.5 Å². The van der Waals surface area contributed by atoms with Crippen molar-refractivity contribution in [2.24, 2.45) is 5.73 Å². The van der Waals surface area contributed by atoms with Crippen molar-refractivity contribution in [2.45, 2.75) is 25.8 Å². The van der Waals surface area contributed by atoms with Crippen LogP contribution in [-0.4, -0.2) is 19.8 Å². The molecule has 0 aromatic heterocycles. The Morgan fingerprint density at radius 3 is 2.20 bits per heavy atom. The molecule has 0 amide bonds. The average molecular weight is 209 g/mol. The first-order valence-electron chi connectivity index (χ1n) is 4.96. The van der Waals surface area contributed by atoms with Crippen LogP contribution in [0.5, 0.6) is 11.5 Å². The molecule has 0 aliphatic heterocycles. The second-order valence-corrected chi connectivity index (χ2v) is 4.35. The lowest BCUT2D eigenvalue weighted by molar-refractivity contribution is 0.354. The maximum Gasteiger partial charge on any atom is 0.160 e. The Morgan fingerprint density at radius 2 is 1.73 bits per heavy atom. The molecule has 3 nitrogen and oxygen atoms in total. The average Bonchev–Trinajstić information content (AvgIpc) is 2.15. The van der Waals surface area contributed by atoms with Crippen LogP contribution >= 0.6 is 0 Å². The minimum Gasteiger partial charge on any atom is -0.493 e. The summed E-state index contributed by atoms with van der Waals surface area (Å²) >= 11 is 0. The predicted octanol–water partition coefficient (Wildman–Crippen LogP) is 1.98. The molecule has 0 aliphatic rings. The van der Waals surface area contributed by atoms with Crippen molar-refractivity contribution in [2.75, 3.05) is 14.2 Å². The molecule has 0 atom stereocenters. The van der Waals surface area contributed by atoms with E-state index in [0.29, 0.717) is 0 Å². The SMILES string of the molecule is COc1ccc(CC(C)(C)N)cc1OC. The Labute approximate surface area is 91.2 Å². The molecule has 1 aromatic rings. The van der Waals surface area contributed by atoms with E-state index >= 15 is 0 Å². The van der Waals surface area contributed by atoms with E-state index in [1.807, 2.05) is 32.0 Å². The van der Waals surface area contributed by atoms with E-state index in [1.165, 1.54) is 0 Å². The van der Waals surface area contributed by atoms with Crippen LogP contribution in [0.1, 0.15) is 19.4 Å². The van der Waals surface area contributed by atoms with Gasteiger partial charge in [0.1, 0.15) is 0 Å². The number of hydrogen-bond donors (Lipinski definition) is 1. The third-order valence-electron chi connectivity index (χ3n) is 2.11. The van der Waals surface area contributed by atoms with E-state index in [-0.39, 0.29) is 5.54 Å². The third-order valence-corrected chi connectivity index (χ3v) is 2.11. The molecule has 0 spiro atoms. The summed E-state index contributed by atoms with van der Waals surface area (Å²) in [6.07, 6.45) is 0.813. The maximum atomic E-state index is 5.96. The second kappa shape index (κ2) is 4.53. The summed E-state index contributed by atoms with van der Waals surface area (Å²) in [5.41, 5.74) is 6.90. The molecule has 0 radical (unpaired) electrons. The van der Waals surface area contributed by atoms with Crippen LogP contribution in [0.15, 0.2) is 18.2 Å². The molecule has 0 fully saturated rings. The van der Waals surface area contributed by atoms with Crippen LogP contribution in [-0.2, 0) is 6.42 Å². The van der Waals surface area contributed by atoms with E-state index < -0.39 is 0 Å². The van der Waals surface area contributed by atoms with Crippen molar-refractivity contribution < 1.29 is 9.47 Å². The molecular weight excluding hydrogens is 190 g/mol. The van der Waals surface area contributed by atoms with Crippen molar-refractivity contribution in [1.29, 1.82) is 0 Å². The smallest absolute Gasteiger partial charge is 0.160 e. The molecular formula is C12H19NO2. The molecule has 0 bridgehead atoms. The van der Waals surface area contributed by atoms with Gasteiger partial charge in [-0.25, -0.2) is 0 Å². The van der Waals surface area contributed by atoms with E-state index in [0.717, 1.165) is 23.5 Å². The van der Waals surface area contributed by atoms with Gasteiger partial charge in [0, 0.05) is 5.54 Å². The van der Waals surface area contributed by atoms with Crippen molar-refractivity contribution >= 4 is 0 Å². The van der Waals surface area contributed by atoms with Crippen LogP contribution in [0, 0.1) is 0 Å². The minimum absolute atomic E-state index is 0.209. The highest BCUT2D eigenvalue weighted by atomic mass is 16.5. The van der Waals surface area contributed by atoms with Gasteiger partial charge in [0.15, 0.2) is 11.5 Å². The molecule has 3 heteroatoms. The number of hydrogen-bond acceptors (Lipinski definition) is 3. The lowest BCUT2D eigenvalue weighted by Crippen LogP contribution is -2.34. The number of ether oxygens (including phenoxy) is 2. The summed E-state index contributed by atoms with van der Waals surface area (Å²) in [4.78, 5) is 0. The van der Waals surface area contributed by atoms with Gasteiger partial charge in [-0.1, -0.05) is 6.07 Å². The van der Waals surface area contributed by atoms with Crippen LogP contribution in [0.3, 0.4) is 0 Å². The fraction of sp³-hybridized carbons (Fsp3) is 0.500. The van der Waals surface area contributed by atoms with Crippen LogP contribution in [0.25, 0.3) is 0 Å². The molecule has 1 rings (SSSR count). The summed E-state index contributed by atoms with van der Waals surface area (Å²) in [6.45, 7) is 4.01. The molecule has 84 valence electrons. The first kappa shape index (κ1) is 11.9. The highest BCUT2D eigenvalue weighted by molar-refractivity contribution is 5.43. The predicted molar refractivity (Wildman–Crippen MR) is 61.5 cm³/mol. The Balaban J connectivity index is 2.93. The van der Waals surface area contributed by atoms with Gasteiger partial charge < -0.3 is 15.2 Å². The summed E-state index contributed by atoms with van der Waals surface area (Å²) in [7, 11) is 3.26. The Bertz CT molecular complexity index is 329. The number of methoxy groups -OCH3 is 2. The molecule has 0 saturated carbocycles. The van der Waals surface area contributed by atoms with E-state index in [9.17, 15) is 0 Å². The van der Waals surface area contributed by atoms with Gasteiger partial charge in [-0.3, -0.25) is 0 Å². The first-order chi connectivity index (χ1) is 6.96. The summed E-state index contributed by atoms with van der Waals surface area (Å²) in [5.74, 6) is 1.50. The molecule has 1 aromatic carbocycles. The minimum atomic E-state index is -0.209. The lowest BCUT2D eigenvalue weighted by Gasteiger charge is -2.19. The topological polar surface area (TPSA) is 44.5 Å². The van der Waals surface area contributed by atoms with Crippen LogP contribution < -0.4 is 15.2 Å². The normalized spacial score (nSPS) is 11.3. The van der Waals surface area contributed by atoms with Crippen molar-refractivity contribution in [3.63, 3.8) is 0 Å². The largest absolute Gasteiger partial charge is 0.493 e. The van der Waals surface area contributed by atoms with Gasteiger partial charge >= 0.3 is 0 Å². The number of nitrogens with two attached hydrogens (primary N) is 1. The molecule has 2 N–H and O–H groups in total. The van der Waals surface area contributed by atoms with Crippen molar-refractivity contribution in [1.82, 2.24) is 0 Å². The monoisotopic (exact) mass is 209 g/mol. The number of benzene rings is 1. The molecule has 0 heterocycles. The summed E-state index contributed by atoms with van der Waals surface area (Å²) in [6, 6.07) is 5.88. The fourth-order valence-electron chi connectivity index (χ4n) is 1.52. The lowest BCUT2D eigenvalue weighted by atomic mass is 9.96. The summed E-state index contributed by atoms with van der Waals surface area (Å²) < 4.78 is 10.4. The Kier molecular flexibility index (Phi) is 3.58. The van der Waals surface area contributed by atoms with E-state index in [2.05, 4.69) is 0 Å². The van der Waals surface area contributed by atoms with Gasteiger partial charge in [-0.05, 0) is 38.0 Å². The molecule has 15 heavy (non-hydrogen) atoms. The maximum absolute atomic E-state index is 5.96. The van der Waals surface area contributed by atoms with E-state index in [4.69, 9.17) is 15.2 Å². The Hall–Kier alpha value is -1.22. The van der Waals surface area contributed by atoms with Crippen LogP contribution in [0.4, 0.5) is 0 Å². The molecule has 0 aliphatic carbocycles. The zero-order valence-corrected chi connectivity index (χ0v) is 9.83. The number of rotatable bonds is 4. The zero-order valence-electron chi connectivity index (χ0n) is 9.83. The van der Waals surface area contributed by atoms with Gasteiger partial charge in [0.05, 0.1) is 14.2 Å². The van der Waals surface area contributed by atoms with Gasteiger partial charge in [0.25, 0.3) is 0 Å². The second-order valence-electron chi connectivity index (χ2n) is 4.35. The standard InChI is InChI=1S/C12H19NO2/c1-12(2,13)8-9-5-6-10(14-3)11(7-9)15-4/h5-7H,8,13H2,1-4H3. The third kappa shape index (κ3) is 3.44. The fourth-order valence-corrected chi connectivity index (χ4v) is 1.52. The quantitative estimate of drug-likeness (QED) is 0.824. The highest BCUT2D eigenvalue weighted by Gasteiger charge is 2.13.